The van der Waals surface area contributed by atoms with E-state index in [1.165, 1.54) is 0 Å². The first-order valence-corrected chi connectivity index (χ1v) is 7.67. The Kier molecular flexibility index (Phi) is 5.14. The van der Waals surface area contributed by atoms with Crippen molar-refractivity contribution in [3.63, 3.8) is 0 Å². The molecule has 2 atom stereocenters. The smallest absolute Gasteiger partial charge is 0.151 e. The van der Waals surface area contributed by atoms with Crippen molar-refractivity contribution < 1.29 is 8.42 Å². The first kappa shape index (κ1) is 14.2. The van der Waals surface area contributed by atoms with E-state index >= 15 is 0 Å². The Labute approximate surface area is 103 Å². The van der Waals surface area contributed by atoms with Crippen LogP contribution in [0.4, 0.5) is 0 Å². The first-order valence-electron chi connectivity index (χ1n) is 5.85. The van der Waals surface area contributed by atoms with E-state index in [1.54, 1.807) is 19.4 Å². The molecule has 1 N–H and O–H groups in total. The molecule has 98 valence electrons. The van der Waals surface area contributed by atoms with Crippen LogP contribution >= 0.6 is 0 Å². The van der Waals surface area contributed by atoms with Crippen LogP contribution in [-0.2, 0) is 16.4 Å². The molecule has 0 aromatic carbocycles. The summed E-state index contributed by atoms with van der Waals surface area (Å²) in [7, 11) is -2.91. The molecule has 17 heavy (non-hydrogen) atoms. The first-order chi connectivity index (χ1) is 7.93. The van der Waals surface area contributed by atoms with E-state index in [0.717, 1.165) is 6.54 Å². The summed E-state index contributed by atoms with van der Waals surface area (Å²) in [5.74, 6) is 0.396. The second-order valence-corrected chi connectivity index (χ2v) is 6.82. The Morgan fingerprint density at radius 2 is 2.06 bits per heavy atom. The monoisotopic (exact) mass is 259 g/mol. The number of rotatable bonds is 7. The van der Waals surface area contributed by atoms with Gasteiger partial charge in [0.2, 0.25) is 0 Å². The molecule has 0 amide bonds. The quantitative estimate of drug-likeness (QED) is 0.782. The van der Waals surface area contributed by atoms with Crippen LogP contribution in [0.2, 0.25) is 0 Å². The van der Waals surface area contributed by atoms with Crippen LogP contribution in [0.1, 0.15) is 20.8 Å². The largest absolute Gasteiger partial charge is 0.336 e. The minimum Gasteiger partial charge on any atom is -0.336 e. The number of hydrogen-bond donors (Lipinski definition) is 1. The average Bonchev–Trinajstić information content (AvgIpc) is 2.69. The molecule has 0 saturated carbocycles. The molecule has 5 nitrogen and oxygen atoms in total. The van der Waals surface area contributed by atoms with Crippen molar-refractivity contribution in [3.05, 3.63) is 18.7 Å². The van der Waals surface area contributed by atoms with Gasteiger partial charge in [0.25, 0.3) is 0 Å². The minimum absolute atomic E-state index is 0.0292. The molecular weight excluding hydrogens is 238 g/mol. The molecule has 0 saturated heterocycles. The third kappa shape index (κ3) is 5.32. The van der Waals surface area contributed by atoms with Crippen LogP contribution in [0.3, 0.4) is 0 Å². The molecule has 0 fully saturated rings. The van der Waals surface area contributed by atoms with Crippen LogP contribution in [0.5, 0.6) is 0 Å². The summed E-state index contributed by atoms with van der Waals surface area (Å²) in [6, 6.07) is 0.185. The molecule has 0 radical (unpaired) electrons. The zero-order valence-electron chi connectivity index (χ0n) is 10.6. The van der Waals surface area contributed by atoms with Crippen LogP contribution in [0, 0.1) is 0 Å². The predicted octanol–water partition coefficient (Wildman–Crippen LogP) is 0.684. The SMILES string of the molecule is CCS(=O)(=O)CC(C)NC(C)Cn1ccnc1. The summed E-state index contributed by atoms with van der Waals surface area (Å²) in [5.41, 5.74) is 0. The Morgan fingerprint density at radius 3 is 2.59 bits per heavy atom. The molecular formula is C11H21N3O2S. The third-order valence-corrected chi connectivity index (χ3v) is 4.44. The van der Waals surface area contributed by atoms with Crippen molar-refractivity contribution in [2.75, 3.05) is 11.5 Å². The molecule has 0 aliphatic rings. The Morgan fingerprint density at radius 1 is 1.35 bits per heavy atom. The summed E-state index contributed by atoms with van der Waals surface area (Å²) >= 11 is 0. The maximum absolute atomic E-state index is 11.5. The zero-order chi connectivity index (χ0) is 12.9. The van der Waals surface area contributed by atoms with Gasteiger partial charge in [0.15, 0.2) is 9.84 Å². The number of nitrogens with zero attached hydrogens (tertiary/aromatic N) is 2. The molecule has 6 heteroatoms. The Hall–Kier alpha value is -0.880. The highest BCUT2D eigenvalue weighted by Gasteiger charge is 2.15. The fraction of sp³-hybridized carbons (Fsp3) is 0.727. The minimum atomic E-state index is -2.91. The van der Waals surface area contributed by atoms with Crippen molar-refractivity contribution in [3.8, 4) is 0 Å². The van der Waals surface area contributed by atoms with Crippen LogP contribution in [-0.4, -0.2) is 41.6 Å². The van der Waals surface area contributed by atoms with E-state index in [0.29, 0.717) is 0 Å². The fourth-order valence-corrected chi connectivity index (χ4v) is 2.89. The molecule has 0 spiro atoms. The average molecular weight is 259 g/mol. The lowest BCUT2D eigenvalue weighted by atomic mass is 10.3. The van der Waals surface area contributed by atoms with E-state index in [2.05, 4.69) is 10.3 Å². The van der Waals surface area contributed by atoms with Gasteiger partial charge in [-0.1, -0.05) is 6.92 Å². The van der Waals surface area contributed by atoms with Gasteiger partial charge in [-0.25, -0.2) is 13.4 Å². The second kappa shape index (κ2) is 6.16. The lowest BCUT2D eigenvalue weighted by Gasteiger charge is -2.20. The maximum atomic E-state index is 11.5. The summed E-state index contributed by atoms with van der Waals surface area (Å²) < 4.78 is 24.9. The van der Waals surface area contributed by atoms with E-state index in [-0.39, 0.29) is 23.6 Å². The Balaban J connectivity index is 2.38. The summed E-state index contributed by atoms with van der Waals surface area (Å²) in [6.07, 6.45) is 5.38. The molecule has 0 bridgehead atoms. The summed E-state index contributed by atoms with van der Waals surface area (Å²) in [6.45, 7) is 6.40. The number of sulfone groups is 1. The molecule has 0 aliphatic heterocycles. The molecule has 1 heterocycles. The van der Waals surface area contributed by atoms with Crippen LogP contribution in [0.15, 0.2) is 18.7 Å². The van der Waals surface area contributed by atoms with Crippen LogP contribution in [0.25, 0.3) is 0 Å². The number of aromatic nitrogens is 2. The van der Waals surface area contributed by atoms with Gasteiger partial charge in [-0.3, -0.25) is 0 Å². The van der Waals surface area contributed by atoms with Crippen molar-refractivity contribution in [1.82, 2.24) is 14.9 Å². The number of imidazole rings is 1. The van der Waals surface area contributed by atoms with Crippen molar-refractivity contribution in [2.24, 2.45) is 0 Å². The normalized spacial score (nSPS) is 15.7. The third-order valence-electron chi connectivity index (χ3n) is 2.56. The zero-order valence-corrected chi connectivity index (χ0v) is 11.4. The standard InChI is InChI=1S/C11H21N3O2S/c1-4-17(15,16)8-11(3)13-10(2)7-14-6-5-12-9-14/h5-6,9-11,13H,4,7-8H2,1-3H3. The molecule has 1 aromatic rings. The van der Waals surface area contributed by atoms with E-state index in [4.69, 9.17) is 0 Å². The summed E-state index contributed by atoms with van der Waals surface area (Å²) in [5, 5.41) is 3.28. The fourth-order valence-electron chi connectivity index (χ4n) is 1.80. The second-order valence-electron chi connectivity index (χ2n) is 4.43. The molecule has 1 rings (SSSR count). The lowest BCUT2D eigenvalue weighted by molar-refractivity contribution is 0.437. The van der Waals surface area contributed by atoms with Crippen molar-refractivity contribution in [2.45, 2.75) is 39.4 Å². The van der Waals surface area contributed by atoms with Gasteiger partial charge in [-0.15, -0.1) is 0 Å². The van der Waals surface area contributed by atoms with Gasteiger partial charge in [-0.2, -0.15) is 0 Å². The highest BCUT2D eigenvalue weighted by Crippen LogP contribution is 1.98. The van der Waals surface area contributed by atoms with Gasteiger partial charge < -0.3 is 9.88 Å². The highest BCUT2D eigenvalue weighted by molar-refractivity contribution is 7.91. The maximum Gasteiger partial charge on any atom is 0.151 e. The lowest BCUT2D eigenvalue weighted by Crippen LogP contribution is -2.41. The topological polar surface area (TPSA) is 64.0 Å². The Bertz CT molecular complexity index is 414. The number of nitrogens with one attached hydrogen (secondary N) is 1. The predicted molar refractivity (Wildman–Crippen MR) is 68.6 cm³/mol. The van der Waals surface area contributed by atoms with E-state index in [9.17, 15) is 8.42 Å². The molecule has 0 aliphatic carbocycles. The van der Waals surface area contributed by atoms with Gasteiger partial charge >= 0.3 is 0 Å². The van der Waals surface area contributed by atoms with Gasteiger partial charge in [0.1, 0.15) is 0 Å². The van der Waals surface area contributed by atoms with Gasteiger partial charge in [-0.05, 0) is 13.8 Å². The van der Waals surface area contributed by atoms with Crippen molar-refractivity contribution >= 4 is 9.84 Å². The van der Waals surface area contributed by atoms with Gasteiger partial charge in [0.05, 0.1) is 12.1 Å². The van der Waals surface area contributed by atoms with Gasteiger partial charge in [0, 0.05) is 36.8 Å². The molecule has 2 unspecified atom stereocenters. The van der Waals surface area contributed by atoms with E-state index < -0.39 is 9.84 Å². The number of hydrogen-bond acceptors (Lipinski definition) is 4. The summed E-state index contributed by atoms with van der Waals surface area (Å²) in [4.78, 5) is 3.97. The highest BCUT2D eigenvalue weighted by atomic mass is 32.2. The van der Waals surface area contributed by atoms with Crippen LogP contribution < -0.4 is 5.32 Å². The van der Waals surface area contributed by atoms with E-state index in [1.807, 2.05) is 24.6 Å². The van der Waals surface area contributed by atoms with Crippen molar-refractivity contribution in [1.29, 1.82) is 0 Å². The molecule has 1 aromatic heterocycles.